The van der Waals surface area contributed by atoms with Crippen molar-refractivity contribution in [3.8, 4) is 0 Å². The van der Waals surface area contributed by atoms with Crippen LogP contribution >= 0.6 is 0 Å². The molecule has 1 aliphatic heterocycles. The number of nitrogens with zero attached hydrogens (tertiary/aromatic N) is 5. The Bertz CT molecular complexity index is 526. The first kappa shape index (κ1) is 10.5. The van der Waals surface area contributed by atoms with E-state index in [1.165, 1.54) is 0 Å². The number of hydrogen-bond acceptors (Lipinski definition) is 5. The van der Waals surface area contributed by atoms with Crippen LogP contribution in [0.15, 0.2) is 12.4 Å². The van der Waals surface area contributed by atoms with Crippen LogP contribution in [0.3, 0.4) is 0 Å². The molecule has 17 heavy (non-hydrogen) atoms. The van der Waals surface area contributed by atoms with E-state index < -0.39 is 0 Å². The molecule has 0 radical (unpaired) electrons. The summed E-state index contributed by atoms with van der Waals surface area (Å²) in [5.74, 6) is 1.74. The maximum absolute atomic E-state index is 5.90. The first-order valence-corrected chi connectivity index (χ1v) is 5.92. The van der Waals surface area contributed by atoms with Gasteiger partial charge in [0.15, 0.2) is 5.65 Å². The van der Waals surface area contributed by atoms with Gasteiger partial charge in [0, 0.05) is 25.2 Å². The minimum atomic E-state index is 0.338. The third kappa shape index (κ3) is 1.95. The lowest BCUT2D eigenvalue weighted by Gasteiger charge is -2.30. The van der Waals surface area contributed by atoms with Crippen LogP contribution in [-0.2, 0) is 0 Å². The summed E-state index contributed by atoms with van der Waals surface area (Å²) in [4.78, 5) is 11.0. The SMILES string of the molecule is Cc1nc2cc(N3CCC(N)CC3)ncn2n1. The van der Waals surface area contributed by atoms with E-state index in [1.807, 2.05) is 13.0 Å². The standard InChI is InChI=1S/C11H16N6/c1-8-14-11-6-10(13-7-17(11)15-8)16-4-2-9(12)3-5-16/h6-7,9H,2-5,12H2,1H3. The first-order chi connectivity index (χ1) is 8.22. The van der Waals surface area contributed by atoms with Gasteiger partial charge in [0.05, 0.1) is 0 Å². The topological polar surface area (TPSA) is 72.3 Å². The Morgan fingerprint density at radius 3 is 2.88 bits per heavy atom. The lowest BCUT2D eigenvalue weighted by molar-refractivity contribution is 0.498. The zero-order valence-corrected chi connectivity index (χ0v) is 9.87. The van der Waals surface area contributed by atoms with Gasteiger partial charge in [-0.05, 0) is 19.8 Å². The summed E-state index contributed by atoms with van der Waals surface area (Å²) < 4.78 is 1.70. The second-order valence-corrected chi connectivity index (χ2v) is 4.53. The van der Waals surface area contributed by atoms with Crippen molar-refractivity contribution in [3.63, 3.8) is 0 Å². The predicted molar refractivity (Wildman–Crippen MR) is 64.9 cm³/mol. The molecule has 90 valence electrons. The first-order valence-electron chi connectivity index (χ1n) is 5.92. The summed E-state index contributed by atoms with van der Waals surface area (Å²) >= 11 is 0. The molecular formula is C11H16N6. The number of aryl methyl sites for hydroxylation is 1. The maximum atomic E-state index is 5.90. The van der Waals surface area contributed by atoms with Crippen molar-refractivity contribution in [2.75, 3.05) is 18.0 Å². The van der Waals surface area contributed by atoms with Crippen molar-refractivity contribution < 1.29 is 0 Å². The van der Waals surface area contributed by atoms with Gasteiger partial charge in [-0.3, -0.25) is 0 Å². The second kappa shape index (κ2) is 3.96. The van der Waals surface area contributed by atoms with Gasteiger partial charge in [0.25, 0.3) is 0 Å². The van der Waals surface area contributed by atoms with Gasteiger partial charge in [-0.2, -0.15) is 5.10 Å². The Hall–Kier alpha value is -1.69. The quantitative estimate of drug-likeness (QED) is 0.768. The van der Waals surface area contributed by atoms with Crippen molar-refractivity contribution >= 4 is 11.5 Å². The van der Waals surface area contributed by atoms with Crippen LogP contribution in [-0.4, -0.2) is 38.7 Å². The smallest absolute Gasteiger partial charge is 0.161 e. The number of anilines is 1. The van der Waals surface area contributed by atoms with Crippen LogP contribution in [0.1, 0.15) is 18.7 Å². The number of piperidine rings is 1. The molecule has 6 nitrogen and oxygen atoms in total. The van der Waals surface area contributed by atoms with Crippen LogP contribution in [0.4, 0.5) is 5.82 Å². The number of fused-ring (bicyclic) bond motifs is 1. The molecule has 0 saturated carbocycles. The Labute approximate surface area is 99.5 Å². The molecule has 1 aliphatic rings. The third-order valence-electron chi connectivity index (χ3n) is 3.18. The molecule has 0 atom stereocenters. The van der Waals surface area contributed by atoms with Crippen molar-refractivity contribution in [2.45, 2.75) is 25.8 Å². The fourth-order valence-corrected chi connectivity index (χ4v) is 2.20. The number of rotatable bonds is 1. The van der Waals surface area contributed by atoms with Crippen molar-refractivity contribution in [3.05, 3.63) is 18.2 Å². The van der Waals surface area contributed by atoms with Crippen LogP contribution in [0, 0.1) is 6.92 Å². The average Bonchev–Trinajstić information content (AvgIpc) is 2.69. The molecule has 2 aromatic rings. The molecule has 2 aromatic heterocycles. The lowest BCUT2D eigenvalue weighted by Crippen LogP contribution is -2.40. The highest BCUT2D eigenvalue weighted by Gasteiger charge is 2.17. The molecular weight excluding hydrogens is 216 g/mol. The maximum Gasteiger partial charge on any atom is 0.161 e. The molecule has 0 amide bonds. The summed E-state index contributed by atoms with van der Waals surface area (Å²) in [6.45, 7) is 3.82. The van der Waals surface area contributed by atoms with Crippen molar-refractivity contribution in [1.82, 2.24) is 19.6 Å². The molecule has 3 heterocycles. The van der Waals surface area contributed by atoms with Crippen LogP contribution in [0.5, 0.6) is 0 Å². The molecule has 0 unspecified atom stereocenters. The van der Waals surface area contributed by atoms with E-state index in [-0.39, 0.29) is 0 Å². The summed E-state index contributed by atoms with van der Waals surface area (Å²) in [6.07, 6.45) is 3.77. The van der Waals surface area contributed by atoms with Crippen LogP contribution in [0.25, 0.3) is 5.65 Å². The van der Waals surface area contributed by atoms with E-state index in [0.717, 1.165) is 43.2 Å². The summed E-state index contributed by atoms with van der Waals surface area (Å²) in [5.41, 5.74) is 6.74. The summed E-state index contributed by atoms with van der Waals surface area (Å²) in [5, 5.41) is 4.22. The normalized spacial score (nSPS) is 17.9. The number of nitrogens with two attached hydrogens (primary N) is 1. The van der Waals surface area contributed by atoms with Crippen LogP contribution < -0.4 is 10.6 Å². The van der Waals surface area contributed by atoms with Gasteiger partial charge in [0.2, 0.25) is 0 Å². The Kier molecular flexibility index (Phi) is 2.44. The summed E-state index contributed by atoms with van der Waals surface area (Å²) in [6, 6.07) is 2.32. The molecule has 1 fully saturated rings. The van der Waals surface area contributed by atoms with Gasteiger partial charge in [-0.1, -0.05) is 0 Å². The predicted octanol–water partition coefficient (Wildman–Crippen LogP) is 0.360. The molecule has 0 bridgehead atoms. The zero-order chi connectivity index (χ0) is 11.8. The van der Waals surface area contributed by atoms with Gasteiger partial charge in [0.1, 0.15) is 18.0 Å². The number of aromatic nitrogens is 4. The monoisotopic (exact) mass is 232 g/mol. The van der Waals surface area contributed by atoms with E-state index >= 15 is 0 Å². The third-order valence-corrected chi connectivity index (χ3v) is 3.18. The molecule has 1 saturated heterocycles. The molecule has 3 rings (SSSR count). The van der Waals surface area contributed by atoms with E-state index in [4.69, 9.17) is 5.73 Å². The highest BCUT2D eigenvalue weighted by Crippen LogP contribution is 2.17. The largest absolute Gasteiger partial charge is 0.356 e. The van der Waals surface area contributed by atoms with Crippen molar-refractivity contribution in [1.29, 1.82) is 0 Å². The molecule has 0 spiro atoms. The van der Waals surface area contributed by atoms with E-state index in [9.17, 15) is 0 Å². The molecule has 2 N–H and O–H groups in total. The Balaban J connectivity index is 1.89. The van der Waals surface area contributed by atoms with E-state index in [2.05, 4.69) is 20.0 Å². The lowest BCUT2D eigenvalue weighted by atomic mass is 10.1. The minimum Gasteiger partial charge on any atom is -0.356 e. The van der Waals surface area contributed by atoms with Gasteiger partial charge < -0.3 is 10.6 Å². The molecule has 6 heteroatoms. The fraction of sp³-hybridized carbons (Fsp3) is 0.545. The highest BCUT2D eigenvalue weighted by atomic mass is 15.3. The Morgan fingerprint density at radius 2 is 2.12 bits per heavy atom. The minimum absolute atomic E-state index is 0.338. The average molecular weight is 232 g/mol. The fourth-order valence-electron chi connectivity index (χ4n) is 2.20. The molecule has 0 aliphatic carbocycles. The molecule has 0 aromatic carbocycles. The van der Waals surface area contributed by atoms with E-state index in [1.54, 1.807) is 10.8 Å². The van der Waals surface area contributed by atoms with Gasteiger partial charge in [-0.25, -0.2) is 14.5 Å². The van der Waals surface area contributed by atoms with Crippen molar-refractivity contribution in [2.24, 2.45) is 5.73 Å². The van der Waals surface area contributed by atoms with Crippen LogP contribution in [0.2, 0.25) is 0 Å². The van der Waals surface area contributed by atoms with Gasteiger partial charge in [-0.15, -0.1) is 0 Å². The van der Waals surface area contributed by atoms with E-state index in [0.29, 0.717) is 6.04 Å². The highest BCUT2D eigenvalue weighted by molar-refractivity contribution is 5.50. The van der Waals surface area contributed by atoms with Gasteiger partial charge >= 0.3 is 0 Å². The zero-order valence-electron chi connectivity index (χ0n) is 9.87. The number of hydrogen-bond donors (Lipinski definition) is 1. The summed E-state index contributed by atoms with van der Waals surface area (Å²) in [7, 11) is 0. The second-order valence-electron chi connectivity index (χ2n) is 4.53. The Morgan fingerprint density at radius 1 is 1.35 bits per heavy atom.